The number of rotatable bonds is 10. The van der Waals surface area contributed by atoms with Crippen molar-refractivity contribution >= 4 is 31.6 Å². The molecule has 0 radical (unpaired) electrons. The molecule has 0 amide bonds. The maximum Gasteiger partial charge on any atom is 0.242 e. The Morgan fingerprint density at radius 3 is 2.67 bits per heavy atom. The zero-order chi connectivity index (χ0) is 15.7. The first-order chi connectivity index (χ1) is 9.97. The van der Waals surface area contributed by atoms with Crippen LogP contribution in [0, 0.1) is 0 Å². The molecule has 6 nitrogen and oxygen atoms in total. The summed E-state index contributed by atoms with van der Waals surface area (Å²) in [5.41, 5.74) is 5.95. The number of nitrogens with one attached hydrogen (secondary N) is 1. The lowest BCUT2D eigenvalue weighted by Crippen LogP contribution is -2.25. The Hall–Kier alpha value is -0.670. The van der Waals surface area contributed by atoms with Gasteiger partial charge in [-0.15, -0.1) is 0 Å². The third-order valence-electron chi connectivity index (χ3n) is 2.70. The summed E-state index contributed by atoms with van der Waals surface area (Å²) in [5, 5.41) is 0. The number of unbranched alkanes of at least 4 members (excludes halogenated alkanes) is 1. The quantitative estimate of drug-likeness (QED) is 0.476. The van der Waals surface area contributed by atoms with E-state index in [0.717, 1.165) is 10.9 Å². The predicted octanol–water partition coefficient (Wildman–Crippen LogP) is 1.75. The normalized spacial score (nSPS) is 11.7. The first-order valence-electron chi connectivity index (χ1n) is 6.59. The number of nitrogen functional groups attached to an aromatic ring is 1. The predicted molar refractivity (Wildman–Crippen MR) is 85.7 cm³/mol. The summed E-state index contributed by atoms with van der Waals surface area (Å²) in [5.74, 6) is 0. The van der Waals surface area contributed by atoms with Crippen LogP contribution in [0.5, 0.6) is 0 Å². The van der Waals surface area contributed by atoms with Crippen molar-refractivity contribution in [2.24, 2.45) is 0 Å². The highest BCUT2D eigenvalue weighted by atomic mass is 79.9. The van der Waals surface area contributed by atoms with Gasteiger partial charge in [-0.1, -0.05) is 15.9 Å². The van der Waals surface area contributed by atoms with Crippen molar-refractivity contribution in [2.75, 3.05) is 39.2 Å². The number of methoxy groups -OCH3 is 1. The number of ether oxygens (including phenoxy) is 2. The molecule has 0 aliphatic rings. The van der Waals surface area contributed by atoms with E-state index in [9.17, 15) is 8.42 Å². The Labute approximate surface area is 134 Å². The Morgan fingerprint density at radius 1 is 1.24 bits per heavy atom. The van der Waals surface area contributed by atoms with Gasteiger partial charge < -0.3 is 15.2 Å². The molecule has 0 aliphatic carbocycles. The maximum atomic E-state index is 12.1. The summed E-state index contributed by atoms with van der Waals surface area (Å²) >= 11 is 3.24. The molecule has 0 aliphatic heterocycles. The van der Waals surface area contributed by atoms with Gasteiger partial charge in [0.25, 0.3) is 0 Å². The van der Waals surface area contributed by atoms with Gasteiger partial charge in [-0.3, -0.25) is 0 Å². The fourth-order valence-corrected chi connectivity index (χ4v) is 3.19. The fourth-order valence-electron chi connectivity index (χ4n) is 1.62. The summed E-state index contributed by atoms with van der Waals surface area (Å²) in [6, 6.07) is 4.70. The van der Waals surface area contributed by atoms with E-state index < -0.39 is 10.0 Å². The highest BCUT2D eigenvalue weighted by Gasteiger charge is 2.16. The smallest absolute Gasteiger partial charge is 0.242 e. The Balaban J connectivity index is 2.33. The van der Waals surface area contributed by atoms with Crippen molar-refractivity contribution < 1.29 is 17.9 Å². The largest absolute Gasteiger partial charge is 0.398 e. The van der Waals surface area contributed by atoms with Crippen molar-refractivity contribution in [1.82, 2.24) is 4.72 Å². The van der Waals surface area contributed by atoms with Crippen molar-refractivity contribution in [1.29, 1.82) is 0 Å². The second-order valence-corrected chi connectivity index (χ2v) is 7.04. The lowest BCUT2D eigenvalue weighted by Gasteiger charge is -2.09. The van der Waals surface area contributed by atoms with E-state index in [1.165, 1.54) is 6.07 Å². The third kappa shape index (κ3) is 6.75. The molecule has 8 heteroatoms. The van der Waals surface area contributed by atoms with Crippen molar-refractivity contribution in [2.45, 2.75) is 17.7 Å². The standard InChI is InChI=1S/C13H21BrN2O4S/c1-19-8-9-20-7-3-2-6-16-21(17,18)13-5-4-11(14)10-12(13)15/h4-5,10,16H,2-3,6-9,15H2,1H3. The second-order valence-electron chi connectivity index (χ2n) is 4.39. The fraction of sp³-hybridized carbons (Fsp3) is 0.538. The van der Waals surface area contributed by atoms with E-state index in [1.807, 2.05) is 0 Å². The minimum atomic E-state index is -3.57. The molecule has 0 aromatic heterocycles. The minimum Gasteiger partial charge on any atom is -0.398 e. The molecule has 1 aromatic carbocycles. The number of halogens is 1. The monoisotopic (exact) mass is 380 g/mol. The van der Waals surface area contributed by atoms with Crippen molar-refractivity contribution in [3.05, 3.63) is 22.7 Å². The Bertz CT molecular complexity index is 537. The number of hydrogen-bond acceptors (Lipinski definition) is 5. The highest BCUT2D eigenvalue weighted by Crippen LogP contribution is 2.22. The number of hydrogen-bond donors (Lipinski definition) is 2. The van der Waals surface area contributed by atoms with Gasteiger partial charge in [-0.05, 0) is 31.0 Å². The van der Waals surface area contributed by atoms with Gasteiger partial charge in [-0.25, -0.2) is 13.1 Å². The topological polar surface area (TPSA) is 90.6 Å². The van der Waals surface area contributed by atoms with Gasteiger partial charge in [0.2, 0.25) is 10.0 Å². The van der Waals surface area contributed by atoms with Crippen LogP contribution in [0.4, 0.5) is 5.69 Å². The van der Waals surface area contributed by atoms with Crippen LogP contribution in [0.3, 0.4) is 0 Å². The van der Waals surface area contributed by atoms with E-state index in [1.54, 1.807) is 19.2 Å². The molecule has 0 saturated carbocycles. The molecule has 0 unspecified atom stereocenters. The molecule has 0 saturated heterocycles. The molecular formula is C13H21BrN2O4S. The summed E-state index contributed by atoms with van der Waals surface area (Å²) in [4.78, 5) is 0.0991. The first-order valence-corrected chi connectivity index (χ1v) is 8.86. The zero-order valence-electron chi connectivity index (χ0n) is 12.0. The van der Waals surface area contributed by atoms with Crippen LogP contribution in [0.15, 0.2) is 27.6 Å². The molecule has 0 spiro atoms. The summed E-state index contributed by atoms with van der Waals surface area (Å²) in [7, 11) is -1.95. The molecular weight excluding hydrogens is 360 g/mol. The maximum absolute atomic E-state index is 12.1. The molecule has 0 bridgehead atoms. The molecule has 1 aromatic rings. The van der Waals surface area contributed by atoms with Crippen LogP contribution < -0.4 is 10.5 Å². The van der Waals surface area contributed by atoms with Crippen LogP contribution in [0.2, 0.25) is 0 Å². The average Bonchev–Trinajstić information content (AvgIpc) is 2.41. The van der Waals surface area contributed by atoms with Crippen LogP contribution in [-0.4, -0.2) is 41.9 Å². The van der Waals surface area contributed by atoms with Gasteiger partial charge in [0, 0.05) is 24.7 Å². The summed E-state index contributed by atoms with van der Waals surface area (Å²) < 4.78 is 37.6. The van der Waals surface area contributed by atoms with Crippen molar-refractivity contribution in [3.63, 3.8) is 0 Å². The van der Waals surface area contributed by atoms with Crippen LogP contribution in [0.25, 0.3) is 0 Å². The van der Waals surface area contributed by atoms with E-state index in [4.69, 9.17) is 15.2 Å². The highest BCUT2D eigenvalue weighted by molar-refractivity contribution is 9.10. The Morgan fingerprint density at radius 2 is 2.00 bits per heavy atom. The van der Waals surface area contributed by atoms with Crippen LogP contribution in [0.1, 0.15) is 12.8 Å². The van der Waals surface area contributed by atoms with Gasteiger partial charge >= 0.3 is 0 Å². The minimum absolute atomic E-state index is 0.0991. The lowest BCUT2D eigenvalue weighted by molar-refractivity contribution is 0.0689. The third-order valence-corrected chi connectivity index (χ3v) is 4.73. The zero-order valence-corrected chi connectivity index (χ0v) is 14.4. The van der Waals surface area contributed by atoms with Gasteiger partial charge in [0.1, 0.15) is 4.90 Å². The van der Waals surface area contributed by atoms with Crippen LogP contribution >= 0.6 is 15.9 Å². The first kappa shape index (κ1) is 18.4. The van der Waals surface area contributed by atoms with E-state index in [2.05, 4.69) is 20.7 Å². The molecule has 1 rings (SSSR count). The number of anilines is 1. The van der Waals surface area contributed by atoms with Crippen LogP contribution in [-0.2, 0) is 19.5 Å². The average molecular weight is 381 g/mol. The van der Waals surface area contributed by atoms with Gasteiger partial charge in [-0.2, -0.15) is 0 Å². The SMILES string of the molecule is COCCOCCCCNS(=O)(=O)c1ccc(Br)cc1N. The molecule has 3 N–H and O–H groups in total. The van der Waals surface area contributed by atoms with Gasteiger partial charge in [0.05, 0.1) is 18.9 Å². The summed E-state index contributed by atoms with van der Waals surface area (Å²) in [6.07, 6.45) is 1.48. The molecule has 120 valence electrons. The number of sulfonamides is 1. The molecule has 0 fully saturated rings. The second kappa shape index (κ2) is 9.37. The summed E-state index contributed by atoms with van der Waals surface area (Å²) in [6.45, 7) is 2.06. The van der Waals surface area contributed by atoms with E-state index >= 15 is 0 Å². The number of benzene rings is 1. The lowest BCUT2D eigenvalue weighted by atomic mass is 10.3. The van der Waals surface area contributed by atoms with E-state index in [-0.39, 0.29) is 10.6 Å². The molecule has 21 heavy (non-hydrogen) atoms. The molecule has 0 atom stereocenters. The Kier molecular flexibility index (Phi) is 8.20. The molecule has 0 heterocycles. The van der Waals surface area contributed by atoms with Gasteiger partial charge in [0.15, 0.2) is 0 Å². The van der Waals surface area contributed by atoms with Crippen molar-refractivity contribution in [3.8, 4) is 0 Å². The van der Waals surface area contributed by atoms with E-state index in [0.29, 0.717) is 32.8 Å². The number of nitrogens with two attached hydrogens (primary N) is 1.